The summed E-state index contributed by atoms with van der Waals surface area (Å²) in [5.41, 5.74) is 0. The molecule has 0 atom stereocenters. The molecule has 32 valence electrons. The third-order valence-corrected chi connectivity index (χ3v) is 0. The molecule has 0 fully saturated rings. The summed E-state index contributed by atoms with van der Waals surface area (Å²) in [5.74, 6) is 0. The molecule has 0 amide bonds. The fourth-order valence-electron chi connectivity index (χ4n) is 0. The zero-order valence-corrected chi connectivity index (χ0v) is 2.53. The van der Waals surface area contributed by atoms with E-state index in [1.807, 2.05) is 0 Å². The van der Waals surface area contributed by atoms with Crippen LogP contribution in [0.2, 0.25) is 0 Å². The van der Waals surface area contributed by atoms with E-state index in [1.54, 1.807) is 0 Å². The van der Waals surface area contributed by atoms with Crippen LogP contribution in [0.5, 0.6) is 0 Å². The minimum absolute atomic E-state index is 0. The van der Waals surface area contributed by atoms with Gasteiger partial charge in [0.25, 0.3) is 11.4 Å². The first-order chi connectivity index (χ1) is 1.73. The maximum atomic E-state index is 8.67. The summed E-state index contributed by atoms with van der Waals surface area (Å²) in [5, 5.41) is 0. The van der Waals surface area contributed by atoms with Crippen molar-refractivity contribution in [2.24, 2.45) is 0 Å². The fraction of sp³-hybridized carbons (Fsp3) is 0. The summed E-state index contributed by atoms with van der Waals surface area (Å²) in [6.07, 6.45) is 0. The molecule has 0 aromatic carbocycles. The normalized spacial score (nSPS) is 5.00. The molecule has 7 heavy (non-hydrogen) atoms. The van der Waals surface area contributed by atoms with Crippen molar-refractivity contribution < 1.29 is 13.3 Å². The van der Waals surface area contributed by atoms with Gasteiger partial charge in [-0.05, 0) is 0 Å². The van der Waals surface area contributed by atoms with Crippen LogP contribution >= 0.6 is 0 Å². The second kappa shape index (κ2) is 16.0. The van der Waals surface area contributed by atoms with Gasteiger partial charge in [-0.25, -0.2) is 0 Å². The maximum absolute atomic E-state index is 8.67. The molecule has 0 heterocycles. The van der Waals surface area contributed by atoms with E-state index in [0.717, 1.165) is 0 Å². The molecule has 0 unspecified atom stereocenters. The Hall–Kier alpha value is 3.07. The van der Waals surface area contributed by atoms with Gasteiger partial charge in [0.05, 0.1) is 0 Å². The number of hydrogen-bond donors (Lipinski definition) is 2. The van der Waals surface area contributed by atoms with Gasteiger partial charge < -0.3 is 0 Å². The van der Waals surface area contributed by atoms with E-state index in [-0.39, 0.29) is 88.7 Å². The van der Waals surface area contributed by atoms with E-state index in [9.17, 15) is 0 Å². The van der Waals surface area contributed by atoms with Crippen LogP contribution in [0.25, 0.3) is 0 Å². The van der Waals surface area contributed by atoms with Crippen LogP contribution in [-0.2, 0) is 11.4 Å². The third-order valence-electron chi connectivity index (χ3n) is 0. The quantitative estimate of drug-likeness (QED) is 0.305. The summed E-state index contributed by atoms with van der Waals surface area (Å²) < 4.78 is 22.8. The monoisotopic (exact) mass is 154 g/mol. The van der Waals surface area contributed by atoms with Crippen molar-refractivity contribution >= 4 is 100 Å². The van der Waals surface area contributed by atoms with Crippen LogP contribution in [-0.4, -0.2) is 102 Å². The summed E-state index contributed by atoms with van der Waals surface area (Å²) in [6.45, 7) is 0. The Morgan fingerprint density at radius 3 is 1.00 bits per heavy atom. The van der Waals surface area contributed by atoms with Crippen molar-refractivity contribution in [3.8, 4) is 0 Å². The van der Waals surface area contributed by atoms with Gasteiger partial charge in [0, 0.05) is 0 Å². The molecule has 2 N–H and O–H groups in total. The van der Waals surface area contributed by atoms with E-state index >= 15 is 0 Å². The molecule has 0 rings (SSSR count). The van der Waals surface area contributed by atoms with Gasteiger partial charge in [-0.1, -0.05) is 0 Å². The molecule has 7 heteroatoms. The van der Waals surface area contributed by atoms with Gasteiger partial charge in [0.2, 0.25) is 0 Å². The fourth-order valence-corrected chi connectivity index (χ4v) is 0. The Bertz CT molecular complexity index is 33.2. The second-order valence-electron chi connectivity index (χ2n) is 0.231. The van der Waals surface area contributed by atoms with Crippen LogP contribution in [0.15, 0.2) is 0 Å². The molecule has 0 aliphatic carbocycles. The number of rotatable bonds is 0. The molecule has 3 nitrogen and oxygen atoms in total. The van der Waals surface area contributed by atoms with Gasteiger partial charge >= 0.3 is 88.7 Å². The molecule has 0 aliphatic heterocycles. The van der Waals surface area contributed by atoms with Crippen molar-refractivity contribution in [1.29, 1.82) is 0 Å². The van der Waals surface area contributed by atoms with Gasteiger partial charge in [0.1, 0.15) is 0 Å². The standard InChI is InChI=1S/3Na.H2O3S.3H/c;;;1-4(2)3;;;/h;;;(H2,1,2,3);;;. The van der Waals surface area contributed by atoms with Crippen molar-refractivity contribution in [3.63, 3.8) is 0 Å². The van der Waals surface area contributed by atoms with Crippen molar-refractivity contribution in [2.75, 3.05) is 0 Å². The second-order valence-corrected chi connectivity index (χ2v) is 0.692. The zero-order valence-electron chi connectivity index (χ0n) is 1.71. The third kappa shape index (κ3) is 48.1. The molecule has 0 aliphatic rings. The predicted molar refractivity (Wildman–Crippen MR) is 34.8 cm³/mol. The predicted octanol–water partition coefficient (Wildman–Crippen LogP) is -2.26. The van der Waals surface area contributed by atoms with Crippen LogP contribution in [0.4, 0.5) is 0 Å². The van der Waals surface area contributed by atoms with Crippen LogP contribution < -0.4 is 0 Å². The number of hydrogen-bond acceptors (Lipinski definition) is 1. The Kier molecular flexibility index (Phi) is 51.5. The SMILES string of the molecule is O=S(O)O.[NaH].[NaH].[NaH]. The van der Waals surface area contributed by atoms with Crippen molar-refractivity contribution in [1.82, 2.24) is 0 Å². The van der Waals surface area contributed by atoms with Crippen LogP contribution in [0.3, 0.4) is 0 Å². The van der Waals surface area contributed by atoms with Gasteiger partial charge in [-0.3, -0.25) is 9.11 Å². The van der Waals surface area contributed by atoms with Gasteiger partial charge in [0.15, 0.2) is 0 Å². The Balaban J connectivity index is -0.0000000150. The van der Waals surface area contributed by atoms with Gasteiger partial charge in [-0.2, -0.15) is 4.21 Å². The topological polar surface area (TPSA) is 57.5 Å². The first-order valence-electron chi connectivity index (χ1n) is 0.532. The van der Waals surface area contributed by atoms with E-state index in [2.05, 4.69) is 0 Å². The summed E-state index contributed by atoms with van der Waals surface area (Å²) in [7, 11) is 0. The zero-order chi connectivity index (χ0) is 3.58. The summed E-state index contributed by atoms with van der Waals surface area (Å²) >= 11 is -2.61. The van der Waals surface area contributed by atoms with Crippen molar-refractivity contribution in [3.05, 3.63) is 0 Å². The summed E-state index contributed by atoms with van der Waals surface area (Å²) in [4.78, 5) is 0. The van der Waals surface area contributed by atoms with Crippen LogP contribution in [0.1, 0.15) is 0 Å². The van der Waals surface area contributed by atoms with E-state index < -0.39 is 11.4 Å². The summed E-state index contributed by atoms with van der Waals surface area (Å²) in [6, 6.07) is 0. The average Bonchev–Trinajstić information content (AvgIpc) is 0.811. The molecular formula is H5Na3O3S. The molecule has 0 radical (unpaired) electrons. The molecule has 0 aromatic rings. The van der Waals surface area contributed by atoms with Crippen LogP contribution in [0, 0.1) is 0 Å². The molecule has 0 spiro atoms. The van der Waals surface area contributed by atoms with E-state index in [1.165, 1.54) is 0 Å². The first kappa shape index (κ1) is 22.5. The minimum atomic E-state index is -2.61. The van der Waals surface area contributed by atoms with E-state index in [4.69, 9.17) is 13.3 Å². The molecule has 0 bridgehead atoms. The molecular weight excluding hydrogens is 149 g/mol. The average molecular weight is 154 g/mol. The first-order valence-corrected chi connectivity index (χ1v) is 1.60. The Morgan fingerprint density at radius 1 is 1.00 bits per heavy atom. The van der Waals surface area contributed by atoms with Gasteiger partial charge in [-0.15, -0.1) is 0 Å². The Labute approximate surface area is 111 Å². The molecule has 0 saturated carbocycles. The van der Waals surface area contributed by atoms with Crippen molar-refractivity contribution in [2.45, 2.75) is 0 Å². The molecule has 0 aromatic heterocycles. The van der Waals surface area contributed by atoms with E-state index in [0.29, 0.717) is 0 Å². The Morgan fingerprint density at radius 2 is 1.00 bits per heavy atom. The molecule has 0 saturated heterocycles.